The zero-order valence-electron chi connectivity index (χ0n) is 9.74. The van der Waals surface area contributed by atoms with Crippen molar-refractivity contribution in [3.05, 3.63) is 0 Å². The Balaban J connectivity index is 2.42. The molecule has 2 N–H and O–H groups in total. The lowest BCUT2D eigenvalue weighted by atomic mass is 9.91. The van der Waals surface area contributed by atoms with Gasteiger partial charge >= 0.3 is 6.09 Å². The third-order valence-electron chi connectivity index (χ3n) is 2.69. The molecule has 15 heavy (non-hydrogen) atoms. The van der Waals surface area contributed by atoms with Crippen LogP contribution in [0.4, 0.5) is 4.79 Å². The van der Waals surface area contributed by atoms with Gasteiger partial charge in [-0.25, -0.2) is 4.79 Å². The fourth-order valence-electron chi connectivity index (χ4n) is 1.65. The Kier molecular flexibility index (Phi) is 4.88. The molecule has 1 fully saturated rings. The standard InChI is InChI=1S/C11H22N2O2/c1-9(2)15-11(14)13(8-4-7-12)10-5-3-6-10/h9-10H,3-8,12H2,1-2H3. The van der Waals surface area contributed by atoms with E-state index in [9.17, 15) is 4.79 Å². The Morgan fingerprint density at radius 2 is 2.20 bits per heavy atom. The Bertz CT molecular complexity index is 203. The lowest BCUT2D eigenvalue weighted by Crippen LogP contribution is -2.46. The predicted molar refractivity (Wildman–Crippen MR) is 59.6 cm³/mol. The number of ether oxygens (including phenoxy) is 1. The van der Waals surface area contributed by atoms with E-state index in [-0.39, 0.29) is 12.2 Å². The van der Waals surface area contributed by atoms with Gasteiger partial charge in [0, 0.05) is 12.6 Å². The summed E-state index contributed by atoms with van der Waals surface area (Å²) in [7, 11) is 0. The number of carbonyl (C=O) groups is 1. The molecule has 0 aromatic carbocycles. The third-order valence-corrected chi connectivity index (χ3v) is 2.69. The Hall–Kier alpha value is -0.770. The maximum absolute atomic E-state index is 11.8. The summed E-state index contributed by atoms with van der Waals surface area (Å²) >= 11 is 0. The van der Waals surface area contributed by atoms with Crippen LogP contribution in [0, 0.1) is 0 Å². The Morgan fingerprint density at radius 3 is 2.60 bits per heavy atom. The van der Waals surface area contributed by atoms with Crippen molar-refractivity contribution in [3.8, 4) is 0 Å². The van der Waals surface area contributed by atoms with Gasteiger partial charge in [-0.2, -0.15) is 0 Å². The molecule has 0 spiro atoms. The van der Waals surface area contributed by atoms with E-state index in [1.807, 2.05) is 18.7 Å². The number of nitrogens with two attached hydrogens (primary N) is 1. The van der Waals surface area contributed by atoms with Crippen molar-refractivity contribution in [2.24, 2.45) is 5.73 Å². The van der Waals surface area contributed by atoms with Gasteiger partial charge < -0.3 is 15.4 Å². The summed E-state index contributed by atoms with van der Waals surface area (Å²) in [4.78, 5) is 13.6. The van der Waals surface area contributed by atoms with Gasteiger partial charge in [0.2, 0.25) is 0 Å². The summed E-state index contributed by atoms with van der Waals surface area (Å²) in [5.41, 5.74) is 5.46. The Labute approximate surface area is 91.8 Å². The van der Waals surface area contributed by atoms with Gasteiger partial charge in [0.15, 0.2) is 0 Å². The molecule has 0 saturated heterocycles. The van der Waals surface area contributed by atoms with Crippen molar-refractivity contribution in [1.29, 1.82) is 0 Å². The third kappa shape index (κ3) is 3.70. The lowest BCUT2D eigenvalue weighted by molar-refractivity contribution is 0.0478. The van der Waals surface area contributed by atoms with Crippen LogP contribution in [0.2, 0.25) is 0 Å². The van der Waals surface area contributed by atoms with Crippen LogP contribution in [0.5, 0.6) is 0 Å². The maximum atomic E-state index is 11.8. The maximum Gasteiger partial charge on any atom is 0.410 e. The van der Waals surface area contributed by atoms with E-state index in [0.717, 1.165) is 25.8 Å². The fourth-order valence-corrected chi connectivity index (χ4v) is 1.65. The van der Waals surface area contributed by atoms with Gasteiger partial charge in [-0.05, 0) is 46.1 Å². The van der Waals surface area contributed by atoms with E-state index in [1.54, 1.807) is 0 Å². The van der Waals surface area contributed by atoms with E-state index in [2.05, 4.69) is 0 Å². The summed E-state index contributed by atoms with van der Waals surface area (Å²) < 4.78 is 5.21. The summed E-state index contributed by atoms with van der Waals surface area (Å²) in [5.74, 6) is 0. The van der Waals surface area contributed by atoms with Gasteiger partial charge in [-0.1, -0.05) is 0 Å². The first-order valence-corrected chi connectivity index (χ1v) is 5.82. The SMILES string of the molecule is CC(C)OC(=O)N(CCCN)C1CCC1. The molecular formula is C11H22N2O2. The minimum atomic E-state index is -0.178. The molecule has 4 nitrogen and oxygen atoms in total. The van der Waals surface area contributed by atoms with Crippen molar-refractivity contribution in [3.63, 3.8) is 0 Å². The highest BCUT2D eigenvalue weighted by molar-refractivity contribution is 5.68. The van der Waals surface area contributed by atoms with E-state index in [4.69, 9.17) is 10.5 Å². The molecule has 1 aliphatic carbocycles. The first-order chi connectivity index (χ1) is 7.15. The highest BCUT2D eigenvalue weighted by Crippen LogP contribution is 2.25. The highest BCUT2D eigenvalue weighted by Gasteiger charge is 2.29. The van der Waals surface area contributed by atoms with Crippen molar-refractivity contribution < 1.29 is 9.53 Å². The minimum absolute atomic E-state index is 0.0436. The largest absolute Gasteiger partial charge is 0.447 e. The topological polar surface area (TPSA) is 55.6 Å². The zero-order chi connectivity index (χ0) is 11.3. The van der Waals surface area contributed by atoms with Crippen LogP contribution in [0.3, 0.4) is 0 Å². The van der Waals surface area contributed by atoms with Gasteiger partial charge in [-0.15, -0.1) is 0 Å². The van der Waals surface area contributed by atoms with Gasteiger partial charge in [0.25, 0.3) is 0 Å². The summed E-state index contributed by atoms with van der Waals surface area (Å²) in [6, 6.07) is 0.391. The first-order valence-electron chi connectivity index (χ1n) is 5.82. The molecule has 0 radical (unpaired) electrons. The molecule has 0 unspecified atom stereocenters. The number of hydrogen-bond acceptors (Lipinski definition) is 3. The average molecular weight is 214 g/mol. The number of hydrogen-bond donors (Lipinski definition) is 1. The number of rotatable bonds is 5. The average Bonchev–Trinajstić information content (AvgIpc) is 2.07. The molecule has 1 saturated carbocycles. The number of nitrogens with zero attached hydrogens (tertiary/aromatic N) is 1. The Morgan fingerprint density at radius 1 is 1.53 bits per heavy atom. The number of carbonyl (C=O) groups excluding carboxylic acids is 1. The summed E-state index contributed by atoms with van der Waals surface area (Å²) in [6.45, 7) is 5.10. The van der Waals surface area contributed by atoms with Crippen LogP contribution in [-0.4, -0.2) is 36.2 Å². The van der Waals surface area contributed by atoms with Crippen LogP contribution in [0.1, 0.15) is 39.5 Å². The van der Waals surface area contributed by atoms with E-state index in [1.165, 1.54) is 6.42 Å². The van der Waals surface area contributed by atoms with Crippen LogP contribution in [-0.2, 0) is 4.74 Å². The second-order valence-corrected chi connectivity index (χ2v) is 4.35. The van der Waals surface area contributed by atoms with Crippen LogP contribution in [0.25, 0.3) is 0 Å². The van der Waals surface area contributed by atoms with E-state index < -0.39 is 0 Å². The molecule has 0 aliphatic heterocycles. The van der Waals surface area contributed by atoms with Gasteiger partial charge in [-0.3, -0.25) is 0 Å². The van der Waals surface area contributed by atoms with Crippen LogP contribution in [0.15, 0.2) is 0 Å². The molecule has 1 rings (SSSR count). The summed E-state index contributed by atoms with van der Waals surface area (Å²) in [5, 5.41) is 0. The smallest absolute Gasteiger partial charge is 0.410 e. The molecule has 1 aliphatic rings. The quantitative estimate of drug-likeness (QED) is 0.758. The predicted octanol–water partition coefficient (Wildman–Crippen LogP) is 1.73. The van der Waals surface area contributed by atoms with E-state index in [0.29, 0.717) is 12.6 Å². The second-order valence-electron chi connectivity index (χ2n) is 4.35. The van der Waals surface area contributed by atoms with Gasteiger partial charge in [0.1, 0.15) is 0 Å². The zero-order valence-corrected chi connectivity index (χ0v) is 9.74. The first kappa shape index (κ1) is 12.3. The highest BCUT2D eigenvalue weighted by atomic mass is 16.6. The summed E-state index contributed by atoms with van der Waals surface area (Å²) in [6.07, 6.45) is 4.07. The molecule has 0 aromatic heterocycles. The molecular weight excluding hydrogens is 192 g/mol. The number of amides is 1. The minimum Gasteiger partial charge on any atom is -0.447 e. The molecule has 0 heterocycles. The van der Waals surface area contributed by atoms with Crippen LogP contribution >= 0.6 is 0 Å². The van der Waals surface area contributed by atoms with E-state index >= 15 is 0 Å². The van der Waals surface area contributed by atoms with Crippen molar-refractivity contribution in [1.82, 2.24) is 4.90 Å². The lowest BCUT2D eigenvalue weighted by Gasteiger charge is -2.37. The molecule has 0 aromatic rings. The normalized spacial score (nSPS) is 16.3. The molecule has 4 heteroatoms. The van der Waals surface area contributed by atoms with Crippen molar-refractivity contribution >= 4 is 6.09 Å². The fraction of sp³-hybridized carbons (Fsp3) is 0.909. The molecule has 88 valence electrons. The van der Waals surface area contributed by atoms with Crippen molar-refractivity contribution in [2.75, 3.05) is 13.1 Å². The van der Waals surface area contributed by atoms with Gasteiger partial charge in [0.05, 0.1) is 6.10 Å². The molecule has 1 amide bonds. The van der Waals surface area contributed by atoms with Crippen molar-refractivity contribution in [2.45, 2.75) is 51.7 Å². The monoisotopic (exact) mass is 214 g/mol. The van der Waals surface area contributed by atoms with Crippen LogP contribution < -0.4 is 5.73 Å². The second kappa shape index (κ2) is 5.95. The molecule has 0 bridgehead atoms. The molecule has 0 atom stereocenters.